The number of aliphatic hydroxyl groups is 1. The summed E-state index contributed by atoms with van der Waals surface area (Å²) in [4.78, 5) is 28.0. The van der Waals surface area contributed by atoms with Gasteiger partial charge in [-0.1, -0.05) is 18.2 Å². The normalized spacial score (nSPS) is 21.6. The first-order valence-electron chi connectivity index (χ1n) is 12.6. The Bertz CT molecular complexity index is 1450. The Morgan fingerprint density at radius 1 is 0.951 bits per heavy atom. The van der Waals surface area contributed by atoms with E-state index in [2.05, 4.69) is 5.32 Å². The smallest absolute Gasteiger partial charge is 0.369 e. The van der Waals surface area contributed by atoms with Gasteiger partial charge in [0.05, 0.1) is 10.1 Å². The van der Waals surface area contributed by atoms with Crippen molar-refractivity contribution < 1.29 is 54.2 Å². The highest BCUT2D eigenvalue weighted by Crippen LogP contribution is 2.50. The van der Waals surface area contributed by atoms with E-state index in [4.69, 9.17) is 4.74 Å². The summed E-state index contributed by atoms with van der Waals surface area (Å²) in [6.07, 6.45) is -10.9. The molecule has 3 aliphatic rings. The molecule has 2 aromatic carbocycles. The molecule has 1 saturated heterocycles. The number of ether oxygens (including phenoxy) is 1. The van der Waals surface area contributed by atoms with Crippen LogP contribution in [0.1, 0.15) is 48.4 Å². The molecule has 2 fully saturated rings. The van der Waals surface area contributed by atoms with E-state index in [0.717, 1.165) is 12.1 Å². The van der Waals surface area contributed by atoms with Crippen LogP contribution in [0.25, 0.3) is 0 Å². The van der Waals surface area contributed by atoms with Gasteiger partial charge in [0, 0.05) is 24.4 Å². The van der Waals surface area contributed by atoms with Crippen LogP contribution in [0.5, 0.6) is 0 Å². The van der Waals surface area contributed by atoms with Crippen molar-refractivity contribution in [3.8, 4) is 0 Å². The summed E-state index contributed by atoms with van der Waals surface area (Å²) in [7, 11) is -3.57. The van der Waals surface area contributed by atoms with Gasteiger partial charge in [0.25, 0.3) is 17.4 Å². The van der Waals surface area contributed by atoms with Gasteiger partial charge in [-0.25, -0.2) is 8.42 Å². The summed E-state index contributed by atoms with van der Waals surface area (Å²) >= 11 is 0. The maximum Gasteiger partial charge on any atom is 0.430 e. The van der Waals surface area contributed by atoms with Gasteiger partial charge in [-0.15, -0.1) is 0 Å². The van der Waals surface area contributed by atoms with Crippen molar-refractivity contribution in [2.75, 3.05) is 11.9 Å². The zero-order valence-corrected chi connectivity index (χ0v) is 21.9. The molecule has 2 amide bonds. The predicted octanol–water partition coefficient (Wildman–Crippen LogP) is 4.14. The van der Waals surface area contributed by atoms with E-state index >= 15 is 0 Å². The molecule has 0 radical (unpaired) electrons. The molecule has 2 atom stereocenters. The predicted molar refractivity (Wildman–Crippen MR) is 130 cm³/mol. The van der Waals surface area contributed by atoms with Crippen LogP contribution < -0.4 is 5.32 Å². The third-order valence-electron chi connectivity index (χ3n) is 7.48. The van der Waals surface area contributed by atoms with E-state index in [9.17, 15) is 49.5 Å². The number of alkyl halides is 6. The number of amides is 2. The summed E-state index contributed by atoms with van der Waals surface area (Å²) in [6, 6.07) is 5.22. The van der Waals surface area contributed by atoms with Crippen LogP contribution in [0.3, 0.4) is 0 Å². The number of benzene rings is 2. The molecule has 2 aliphatic heterocycles. The molecular formula is C26H24F6N2O6S. The van der Waals surface area contributed by atoms with Crippen LogP contribution in [0.4, 0.5) is 32.0 Å². The van der Waals surface area contributed by atoms with Crippen LogP contribution in [-0.2, 0) is 36.3 Å². The molecule has 1 saturated carbocycles. The summed E-state index contributed by atoms with van der Waals surface area (Å²) in [5.41, 5.74) is -6.09. The summed E-state index contributed by atoms with van der Waals surface area (Å²) in [5, 5.41) is 11.5. The molecule has 5 rings (SSSR count). The van der Waals surface area contributed by atoms with E-state index in [1.54, 1.807) is 0 Å². The van der Waals surface area contributed by atoms with Gasteiger partial charge < -0.3 is 20.1 Å². The van der Waals surface area contributed by atoms with Crippen molar-refractivity contribution in [2.45, 2.75) is 72.5 Å². The lowest BCUT2D eigenvalue weighted by Crippen LogP contribution is -2.53. The summed E-state index contributed by atoms with van der Waals surface area (Å²) < 4.78 is 110. The van der Waals surface area contributed by atoms with Gasteiger partial charge in [-0.05, 0) is 61.1 Å². The minimum atomic E-state index is -6.07. The highest BCUT2D eigenvalue weighted by molar-refractivity contribution is 7.92. The van der Waals surface area contributed by atoms with Gasteiger partial charge >= 0.3 is 12.4 Å². The maximum atomic E-state index is 13.4. The molecule has 8 nitrogen and oxygen atoms in total. The van der Waals surface area contributed by atoms with E-state index in [0.29, 0.717) is 55.5 Å². The molecule has 2 heterocycles. The van der Waals surface area contributed by atoms with E-state index in [1.165, 1.54) is 23.1 Å². The Kier molecular flexibility index (Phi) is 7.14. The van der Waals surface area contributed by atoms with Gasteiger partial charge in [-0.2, -0.15) is 26.3 Å². The quantitative estimate of drug-likeness (QED) is 0.479. The van der Waals surface area contributed by atoms with Crippen LogP contribution >= 0.6 is 0 Å². The second-order valence-corrected chi connectivity index (χ2v) is 12.5. The van der Waals surface area contributed by atoms with Crippen LogP contribution in [0.15, 0.2) is 47.4 Å². The number of nitrogens with one attached hydrogen (secondary N) is 1. The Hall–Kier alpha value is -3.17. The van der Waals surface area contributed by atoms with Crippen molar-refractivity contribution in [3.05, 3.63) is 59.2 Å². The number of nitrogens with zero attached hydrogens (tertiary/aromatic N) is 1. The lowest BCUT2D eigenvalue weighted by molar-refractivity contribution is -0.376. The standard InChI is InChI=1S/C26H24F6N2O6S/c27-25(28,29)24(37,26(30,31)32)15-3-5-16(6-4-15)33-22(35)21-19-10-9-18(41(38,39)17-7-8-17)12-14(19)13-34(21)23(36)20-2-1-11-40-20/h3-6,9-10,12,17,20-21,37H,1-2,7-8,11,13H2,(H,33,35)/t20-,21?/m0/s1. The lowest BCUT2D eigenvalue weighted by atomic mass is 9.92. The summed E-state index contributed by atoms with van der Waals surface area (Å²) in [5.74, 6) is -1.34. The fourth-order valence-corrected chi connectivity index (χ4v) is 6.82. The first-order valence-corrected chi connectivity index (χ1v) is 14.2. The lowest BCUT2D eigenvalue weighted by Gasteiger charge is -2.32. The minimum Gasteiger partial charge on any atom is -0.369 e. The van der Waals surface area contributed by atoms with Gasteiger partial charge in [0.1, 0.15) is 12.1 Å². The number of hydrogen-bond acceptors (Lipinski definition) is 6. The molecule has 1 unspecified atom stereocenters. The number of fused-ring (bicyclic) bond motifs is 1. The maximum absolute atomic E-state index is 13.4. The Balaban J connectivity index is 1.44. The van der Waals surface area contributed by atoms with Crippen molar-refractivity contribution in [1.29, 1.82) is 0 Å². The van der Waals surface area contributed by atoms with Crippen molar-refractivity contribution in [2.24, 2.45) is 0 Å². The van der Waals surface area contributed by atoms with Crippen LogP contribution in [0.2, 0.25) is 0 Å². The number of anilines is 1. The third-order valence-corrected chi connectivity index (χ3v) is 9.74. The molecule has 1 aliphatic carbocycles. The monoisotopic (exact) mass is 606 g/mol. The third kappa shape index (κ3) is 5.07. The number of carbonyl (C=O) groups is 2. The fraction of sp³-hybridized carbons (Fsp3) is 0.462. The molecule has 41 heavy (non-hydrogen) atoms. The number of sulfone groups is 1. The van der Waals surface area contributed by atoms with Gasteiger partial charge in [0.2, 0.25) is 0 Å². The number of rotatable bonds is 6. The number of carbonyl (C=O) groups excluding carboxylic acids is 2. The van der Waals surface area contributed by atoms with Crippen molar-refractivity contribution in [1.82, 2.24) is 4.90 Å². The zero-order valence-electron chi connectivity index (χ0n) is 21.1. The first kappa shape index (κ1) is 29.3. The van der Waals surface area contributed by atoms with Crippen LogP contribution in [0, 0.1) is 0 Å². The van der Waals surface area contributed by atoms with Gasteiger partial charge in [-0.3, -0.25) is 9.59 Å². The minimum absolute atomic E-state index is 0.0572. The molecule has 15 heteroatoms. The molecular weight excluding hydrogens is 582 g/mol. The van der Waals surface area contributed by atoms with E-state index in [1.807, 2.05) is 0 Å². The Labute approximate surface area is 230 Å². The Morgan fingerprint density at radius 3 is 2.12 bits per heavy atom. The average Bonchev–Trinajstić information content (AvgIpc) is 3.49. The van der Waals surface area contributed by atoms with Gasteiger partial charge in [0.15, 0.2) is 9.84 Å². The highest BCUT2D eigenvalue weighted by atomic mass is 32.2. The SMILES string of the molecule is O=C(Nc1ccc(C(O)(C(F)(F)F)C(F)(F)F)cc1)C1c2ccc(S(=O)(=O)C3CC3)cc2CN1C(=O)[C@@H]1CCCO1. The van der Waals surface area contributed by atoms with E-state index < -0.39 is 62.6 Å². The second kappa shape index (κ2) is 9.98. The fourth-order valence-electron chi connectivity index (χ4n) is 5.11. The molecule has 0 aromatic heterocycles. The largest absolute Gasteiger partial charge is 0.430 e. The van der Waals surface area contributed by atoms with Crippen LogP contribution in [-0.4, -0.2) is 60.6 Å². The number of halogens is 6. The molecule has 0 bridgehead atoms. The highest BCUT2D eigenvalue weighted by Gasteiger charge is 2.71. The first-order chi connectivity index (χ1) is 19.1. The van der Waals surface area contributed by atoms with E-state index in [-0.39, 0.29) is 17.1 Å². The molecule has 2 N–H and O–H groups in total. The van der Waals surface area contributed by atoms with Crippen molar-refractivity contribution in [3.63, 3.8) is 0 Å². The second-order valence-electron chi connectivity index (χ2n) is 10.2. The topological polar surface area (TPSA) is 113 Å². The summed E-state index contributed by atoms with van der Waals surface area (Å²) in [6.45, 7) is 0.232. The zero-order chi connectivity index (χ0) is 30.0. The molecule has 222 valence electrons. The Morgan fingerprint density at radius 2 is 1.59 bits per heavy atom. The molecule has 2 aromatic rings. The molecule has 0 spiro atoms. The van der Waals surface area contributed by atoms with Crippen molar-refractivity contribution >= 4 is 27.3 Å². The number of hydrogen-bond donors (Lipinski definition) is 2. The average molecular weight is 607 g/mol.